The zero-order valence-corrected chi connectivity index (χ0v) is 63.5. The van der Waals surface area contributed by atoms with E-state index in [2.05, 4.69) is 260 Å². The van der Waals surface area contributed by atoms with Gasteiger partial charge in [0.15, 0.2) is 0 Å². The summed E-state index contributed by atoms with van der Waals surface area (Å²) in [4.78, 5) is 0. The molecule has 0 saturated carbocycles. The minimum absolute atomic E-state index is 0.00945. The van der Waals surface area contributed by atoms with Crippen molar-refractivity contribution in [2.45, 2.75) is 250 Å². The van der Waals surface area contributed by atoms with Crippen molar-refractivity contribution < 1.29 is 0 Å². The fraction of sp³-hybridized carbons (Fsp3) is 0.379. The van der Waals surface area contributed by atoms with E-state index in [1.807, 2.05) is 0 Å². The van der Waals surface area contributed by atoms with Gasteiger partial charge in [-0.05, 0) is 217 Å². The molecule has 0 heterocycles. The highest BCUT2D eigenvalue weighted by Gasteiger charge is 2.46. The van der Waals surface area contributed by atoms with Crippen LogP contribution in [-0.2, 0) is 16.2 Å². The van der Waals surface area contributed by atoms with E-state index >= 15 is 0 Å². The maximum atomic E-state index is 2.74. The van der Waals surface area contributed by atoms with Gasteiger partial charge in [-0.2, -0.15) is 0 Å². The fourth-order valence-corrected chi connectivity index (χ4v) is 20.6. The Labute approximate surface area is 619 Å². The van der Waals surface area contributed by atoms with Crippen LogP contribution in [0.15, 0.2) is 218 Å². The van der Waals surface area contributed by atoms with Gasteiger partial charge < -0.3 is 0 Å². The molecule has 3 aliphatic rings. The Morgan fingerprint density at radius 1 is 0.175 bits per heavy atom. The van der Waals surface area contributed by atoms with E-state index in [-0.39, 0.29) is 16.2 Å². The highest BCUT2D eigenvalue weighted by Crippen LogP contribution is 2.61. The van der Waals surface area contributed by atoms with E-state index in [0.29, 0.717) is 0 Å². The van der Waals surface area contributed by atoms with Crippen LogP contribution in [0.2, 0.25) is 0 Å². The summed E-state index contributed by atoms with van der Waals surface area (Å²) in [5, 5.41) is 10.8. The van der Waals surface area contributed by atoms with Crippen LogP contribution < -0.4 is 0 Å². The molecule has 0 heteroatoms. The highest BCUT2D eigenvalue weighted by atomic mass is 14.5. The molecule has 0 atom stereocenters. The molecule has 0 saturated heterocycles. The Bertz CT molecular complexity index is 4530. The van der Waals surface area contributed by atoms with Crippen molar-refractivity contribution in [3.63, 3.8) is 0 Å². The van der Waals surface area contributed by atoms with Gasteiger partial charge in [0.2, 0.25) is 0 Å². The molecule has 103 heavy (non-hydrogen) atoms. The van der Waals surface area contributed by atoms with Gasteiger partial charge in [0.25, 0.3) is 0 Å². The second-order valence-corrected chi connectivity index (χ2v) is 31.9. The first-order valence-corrected chi connectivity index (χ1v) is 41.5. The molecule has 0 fully saturated rings. The Morgan fingerprint density at radius 3 is 0.573 bits per heavy atom. The van der Waals surface area contributed by atoms with Gasteiger partial charge in [0.05, 0.1) is 0 Å². The molecule has 0 N–H and O–H groups in total. The van der Waals surface area contributed by atoms with Crippen LogP contribution in [0.4, 0.5) is 0 Å². The topological polar surface area (TPSA) is 0 Å². The Morgan fingerprint density at radius 2 is 0.359 bits per heavy atom. The molecular formula is C103H114. The molecule has 0 unspecified atom stereocenters. The largest absolute Gasteiger partial charge is 0.0654 e. The minimum Gasteiger partial charge on any atom is -0.0654 e. The van der Waals surface area contributed by atoms with Gasteiger partial charge in [-0.3, -0.25) is 0 Å². The Kier molecular flexibility index (Phi) is 21.6. The van der Waals surface area contributed by atoms with Gasteiger partial charge in [-0.15, -0.1) is 0 Å². The standard InChI is InChI=1S/C103H114/c1-7-13-19-37-63-101(64-38-20-14-8-2)91-53-35-33-43-77(91)79-59-55-73(69-93(79)101)97-83-45-25-29-49-87(83)99(88-50-30-26-46-84(88)97)75-57-61-81-82-62-58-76(72-96(82)103(95(81)71-75,67-41-23-17-11-5)68-42-24-18-12-6)100-89-51-31-27-47-85(89)98(86-48-28-32-52-90(86)100)74-56-60-80-78-44-34-36-54-92(78)102(94(80)70-74,65-39-21-15-9-3)66-40-22-16-10-4/h25-36,43-62,69-72H,7-24,37-42,63-68H2,1-6H3. The van der Waals surface area contributed by atoms with Crippen molar-refractivity contribution in [2.24, 2.45) is 0 Å². The SMILES string of the molecule is CCCCCCC1(CCCCCC)c2ccccc2-c2ccc(-c3c4ccccc4c(-c4ccc5c(c4)C(CCCCCC)(CCCCCC)c4cc(-c6c7ccccc7c(-c7ccc8c(c7)C(CCCCCC)(CCCCCC)c7ccccc7-8)c7ccccc67)ccc4-5)c4ccccc34)cc21. The van der Waals surface area contributed by atoms with E-state index in [4.69, 9.17) is 0 Å². The number of hydrogen-bond donors (Lipinski definition) is 0. The van der Waals surface area contributed by atoms with Crippen LogP contribution in [0.25, 0.3) is 121 Å². The lowest BCUT2D eigenvalue weighted by Gasteiger charge is -2.34. The minimum atomic E-state index is -0.154. The van der Waals surface area contributed by atoms with Gasteiger partial charge in [0.1, 0.15) is 0 Å². The normalized spacial score (nSPS) is 14.2. The van der Waals surface area contributed by atoms with Crippen LogP contribution in [0.3, 0.4) is 0 Å². The number of benzene rings is 12. The Balaban J connectivity index is 0.878. The average molecular weight is 1350 g/mol. The molecule has 0 amide bonds. The number of hydrogen-bond acceptors (Lipinski definition) is 0. The smallest absolute Gasteiger partial charge is 0.0215 e. The first-order chi connectivity index (χ1) is 50.9. The lowest BCUT2D eigenvalue weighted by atomic mass is 9.69. The summed E-state index contributed by atoms with van der Waals surface area (Å²) in [6, 6.07) is 88.1. The number of fused-ring (bicyclic) bond motifs is 13. The molecule has 0 nitrogen and oxygen atoms in total. The van der Waals surface area contributed by atoms with Gasteiger partial charge in [-0.1, -0.05) is 390 Å². The summed E-state index contributed by atoms with van der Waals surface area (Å²) in [6.45, 7) is 14.2. The number of rotatable bonds is 34. The summed E-state index contributed by atoms with van der Waals surface area (Å²) < 4.78 is 0. The highest BCUT2D eigenvalue weighted by molar-refractivity contribution is 6.23. The first-order valence-electron chi connectivity index (χ1n) is 41.5. The average Bonchev–Trinajstić information content (AvgIpc) is 1.67. The van der Waals surface area contributed by atoms with Crippen LogP contribution in [0.5, 0.6) is 0 Å². The molecule has 3 aliphatic carbocycles. The zero-order valence-electron chi connectivity index (χ0n) is 63.5. The van der Waals surface area contributed by atoms with E-state index in [9.17, 15) is 0 Å². The van der Waals surface area contributed by atoms with Crippen LogP contribution in [0.1, 0.15) is 268 Å². The molecule has 0 spiro atoms. The van der Waals surface area contributed by atoms with Crippen LogP contribution in [-0.4, -0.2) is 0 Å². The predicted molar refractivity (Wildman–Crippen MR) is 449 cm³/mol. The van der Waals surface area contributed by atoms with Gasteiger partial charge >= 0.3 is 0 Å². The summed E-state index contributed by atoms with van der Waals surface area (Å²) in [6.07, 6.45) is 37.6. The lowest BCUT2D eigenvalue weighted by molar-refractivity contribution is 0.401. The van der Waals surface area contributed by atoms with Crippen molar-refractivity contribution in [2.75, 3.05) is 0 Å². The molecule has 526 valence electrons. The third-order valence-corrected chi connectivity index (χ3v) is 25.7. The molecule has 0 bridgehead atoms. The quantitative estimate of drug-likeness (QED) is 0.0279. The van der Waals surface area contributed by atoms with E-state index < -0.39 is 0 Å². The molecular weight excluding hydrogens is 1240 g/mol. The van der Waals surface area contributed by atoms with E-state index in [1.54, 1.807) is 33.4 Å². The van der Waals surface area contributed by atoms with E-state index in [0.717, 1.165) is 12.8 Å². The van der Waals surface area contributed by atoms with Crippen molar-refractivity contribution in [1.82, 2.24) is 0 Å². The molecule has 15 rings (SSSR count). The lowest BCUT2D eigenvalue weighted by Crippen LogP contribution is -2.25. The molecule has 0 radical (unpaired) electrons. The summed E-state index contributed by atoms with van der Waals surface area (Å²) in [7, 11) is 0. The molecule has 12 aromatic rings. The van der Waals surface area contributed by atoms with Crippen LogP contribution in [0, 0.1) is 0 Å². The third kappa shape index (κ3) is 12.8. The Hall–Kier alpha value is -8.32. The second-order valence-electron chi connectivity index (χ2n) is 31.9. The van der Waals surface area contributed by atoms with Crippen LogP contribution >= 0.6 is 0 Å². The molecule has 0 aromatic heterocycles. The summed E-state index contributed by atoms with van der Waals surface area (Å²) >= 11 is 0. The van der Waals surface area contributed by atoms with Gasteiger partial charge in [-0.25, -0.2) is 0 Å². The van der Waals surface area contributed by atoms with Crippen molar-refractivity contribution in [3.05, 3.63) is 252 Å². The second kappa shape index (κ2) is 31.6. The zero-order chi connectivity index (χ0) is 70.3. The summed E-state index contributed by atoms with van der Waals surface area (Å²) in [5.41, 5.74) is 28.8. The third-order valence-electron chi connectivity index (χ3n) is 25.7. The first kappa shape index (κ1) is 70.3. The molecule has 0 aliphatic heterocycles. The maximum Gasteiger partial charge on any atom is 0.0215 e. The van der Waals surface area contributed by atoms with Crippen molar-refractivity contribution in [1.29, 1.82) is 0 Å². The fourth-order valence-electron chi connectivity index (χ4n) is 20.6. The van der Waals surface area contributed by atoms with Crippen molar-refractivity contribution in [3.8, 4) is 77.9 Å². The summed E-state index contributed by atoms with van der Waals surface area (Å²) in [5.74, 6) is 0. The molecule has 12 aromatic carbocycles. The van der Waals surface area contributed by atoms with E-state index in [1.165, 1.54) is 301 Å². The number of unbranched alkanes of at least 4 members (excludes halogenated alkanes) is 18. The monoisotopic (exact) mass is 1350 g/mol. The predicted octanol–water partition coefficient (Wildman–Crippen LogP) is 31.6. The maximum absolute atomic E-state index is 2.74. The van der Waals surface area contributed by atoms with Gasteiger partial charge in [0, 0.05) is 16.2 Å². The van der Waals surface area contributed by atoms with Crippen molar-refractivity contribution >= 4 is 43.1 Å².